The maximum Gasteiger partial charge on any atom is 0.0600 e. The average Bonchev–Trinajstić information content (AvgIpc) is 2.25. The van der Waals surface area contributed by atoms with Crippen molar-refractivity contribution in [1.29, 1.82) is 0 Å². The van der Waals surface area contributed by atoms with Crippen molar-refractivity contribution in [3.05, 3.63) is 22.7 Å². The van der Waals surface area contributed by atoms with Crippen LogP contribution in [0, 0.1) is 0 Å². The van der Waals surface area contributed by atoms with Crippen molar-refractivity contribution in [3.8, 4) is 0 Å². The van der Waals surface area contributed by atoms with E-state index in [2.05, 4.69) is 47.1 Å². The Morgan fingerprint density at radius 2 is 2.19 bits per heavy atom. The lowest BCUT2D eigenvalue weighted by Crippen LogP contribution is -2.33. The number of hydrogen-bond donors (Lipinski definition) is 1. The van der Waals surface area contributed by atoms with E-state index in [1.54, 1.807) is 0 Å². The van der Waals surface area contributed by atoms with Gasteiger partial charge in [0.1, 0.15) is 0 Å². The molecule has 1 rings (SSSR count). The van der Waals surface area contributed by atoms with Crippen LogP contribution in [0.1, 0.15) is 13.3 Å². The summed E-state index contributed by atoms with van der Waals surface area (Å²) in [4.78, 5) is 2.28. The molecule has 1 aromatic rings. The van der Waals surface area contributed by atoms with Gasteiger partial charge in [0, 0.05) is 23.3 Å². The van der Waals surface area contributed by atoms with Crippen LogP contribution in [0.25, 0.3) is 0 Å². The van der Waals surface area contributed by atoms with E-state index >= 15 is 0 Å². The fraction of sp³-hybridized carbons (Fsp3) is 0.500. The minimum atomic E-state index is 0.540. The van der Waals surface area contributed by atoms with Crippen LogP contribution in [-0.4, -0.2) is 25.1 Å². The normalized spacial score (nSPS) is 12.5. The number of anilines is 2. The van der Waals surface area contributed by atoms with Gasteiger partial charge < -0.3 is 10.6 Å². The standard InChI is InChI=1S/C12H19BrN2S/c1-4-10(8-16-3)15(2)12-6-5-9(13)7-11(12)14/h5-7,10H,4,8,14H2,1-3H3. The molecule has 2 N–H and O–H groups in total. The zero-order valence-corrected chi connectivity index (χ0v) is 12.4. The van der Waals surface area contributed by atoms with Gasteiger partial charge in [0.2, 0.25) is 0 Å². The molecule has 1 aromatic carbocycles. The van der Waals surface area contributed by atoms with Gasteiger partial charge >= 0.3 is 0 Å². The van der Waals surface area contributed by atoms with E-state index in [4.69, 9.17) is 5.73 Å². The zero-order chi connectivity index (χ0) is 12.1. The summed E-state index contributed by atoms with van der Waals surface area (Å²) in [5, 5.41) is 0. The first kappa shape index (κ1) is 13.7. The molecule has 90 valence electrons. The molecular weight excluding hydrogens is 284 g/mol. The third-order valence-electron chi connectivity index (χ3n) is 2.75. The highest BCUT2D eigenvalue weighted by atomic mass is 79.9. The van der Waals surface area contributed by atoms with Crippen LogP contribution in [-0.2, 0) is 0 Å². The van der Waals surface area contributed by atoms with E-state index in [0.717, 1.165) is 28.0 Å². The Morgan fingerprint density at radius 1 is 1.50 bits per heavy atom. The van der Waals surface area contributed by atoms with Gasteiger partial charge in [-0.2, -0.15) is 11.8 Å². The fourth-order valence-corrected chi connectivity index (χ4v) is 2.96. The summed E-state index contributed by atoms with van der Waals surface area (Å²) >= 11 is 5.30. The Hall–Kier alpha value is -0.350. The summed E-state index contributed by atoms with van der Waals surface area (Å²) in [6, 6.07) is 6.60. The van der Waals surface area contributed by atoms with Crippen molar-refractivity contribution in [1.82, 2.24) is 0 Å². The van der Waals surface area contributed by atoms with E-state index in [1.807, 2.05) is 23.9 Å². The summed E-state index contributed by atoms with van der Waals surface area (Å²) in [5.74, 6) is 1.13. The number of nitrogens with zero attached hydrogens (tertiary/aromatic N) is 1. The lowest BCUT2D eigenvalue weighted by Gasteiger charge is -2.29. The molecule has 0 aliphatic rings. The Kier molecular flexibility index (Phi) is 5.49. The van der Waals surface area contributed by atoms with Crippen LogP contribution in [0.5, 0.6) is 0 Å². The molecule has 0 aromatic heterocycles. The van der Waals surface area contributed by atoms with Gasteiger partial charge in [-0.1, -0.05) is 22.9 Å². The molecule has 0 radical (unpaired) electrons. The summed E-state index contributed by atoms with van der Waals surface area (Å²) < 4.78 is 1.03. The van der Waals surface area contributed by atoms with E-state index in [0.29, 0.717) is 6.04 Å². The smallest absolute Gasteiger partial charge is 0.0600 e. The average molecular weight is 303 g/mol. The quantitative estimate of drug-likeness (QED) is 0.843. The van der Waals surface area contributed by atoms with Crippen molar-refractivity contribution in [2.75, 3.05) is 29.7 Å². The number of rotatable bonds is 5. The number of thioether (sulfide) groups is 1. The molecule has 0 aliphatic carbocycles. The number of benzene rings is 1. The van der Waals surface area contributed by atoms with Crippen molar-refractivity contribution in [2.24, 2.45) is 0 Å². The molecular formula is C12H19BrN2S. The van der Waals surface area contributed by atoms with Crippen LogP contribution in [0.4, 0.5) is 11.4 Å². The van der Waals surface area contributed by atoms with Crippen LogP contribution < -0.4 is 10.6 Å². The van der Waals surface area contributed by atoms with Crippen LogP contribution in [0.3, 0.4) is 0 Å². The topological polar surface area (TPSA) is 29.3 Å². The van der Waals surface area contributed by atoms with E-state index in [-0.39, 0.29) is 0 Å². The first-order valence-electron chi connectivity index (χ1n) is 5.37. The molecule has 2 nitrogen and oxygen atoms in total. The van der Waals surface area contributed by atoms with Gasteiger partial charge in [0.05, 0.1) is 11.4 Å². The molecule has 0 fully saturated rings. The second-order valence-electron chi connectivity index (χ2n) is 3.83. The molecule has 4 heteroatoms. The molecule has 0 spiro atoms. The second-order valence-corrected chi connectivity index (χ2v) is 5.66. The molecule has 0 heterocycles. The third kappa shape index (κ3) is 3.32. The monoisotopic (exact) mass is 302 g/mol. The third-order valence-corrected chi connectivity index (χ3v) is 3.96. The van der Waals surface area contributed by atoms with Gasteiger partial charge in [-0.15, -0.1) is 0 Å². The van der Waals surface area contributed by atoms with Gasteiger partial charge in [-0.25, -0.2) is 0 Å². The molecule has 16 heavy (non-hydrogen) atoms. The summed E-state index contributed by atoms with van der Waals surface area (Å²) in [6.07, 6.45) is 3.27. The van der Waals surface area contributed by atoms with Crippen LogP contribution in [0.2, 0.25) is 0 Å². The highest BCUT2D eigenvalue weighted by molar-refractivity contribution is 9.10. The van der Waals surface area contributed by atoms with Crippen molar-refractivity contribution in [2.45, 2.75) is 19.4 Å². The lowest BCUT2D eigenvalue weighted by molar-refractivity contribution is 0.674. The Labute approximate surface area is 111 Å². The van der Waals surface area contributed by atoms with Gasteiger partial charge in [0.25, 0.3) is 0 Å². The minimum absolute atomic E-state index is 0.540. The van der Waals surface area contributed by atoms with E-state index in [9.17, 15) is 0 Å². The first-order valence-corrected chi connectivity index (χ1v) is 7.55. The maximum absolute atomic E-state index is 6.03. The maximum atomic E-state index is 6.03. The molecule has 0 saturated carbocycles. The second kappa shape index (κ2) is 6.40. The van der Waals surface area contributed by atoms with Crippen LogP contribution >= 0.6 is 27.7 Å². The minimum Gasteiger partial charge on any atom is -0.397 e. The zero-order valence-electron chi connectivity index (χ0n) is 10.0. The van der Waals surface area contributed by atoms with E-state index in [1.165, 1.54) is 0 Å². The van der Waals surface area contributed by atoms with Crippen LogP contribution in [0.15, 0.2) is 22.7 Å². The van der Waals surface area contributed by atoms with Crippen molar-refractivity contribution < 1.29 is 0 Å². The lowest BCUT2D eigenvalue weighted by atomic mass is 10.2. The predicted molar refractivity (Wildman–Crippen MR) is 79.4 cm³/mol. The highest BCUT2D eigenvalue weighted by Gasteiger charge is 2.14. The van der Waals surface area contributed by atoms with Gasteiger partial charge in [0.15, 0.2) is 0 Å². The van der Waals surface area contributed by atoms with Crippen molar-refractivity contribution >= 4 is 39.1 Å². The summed E-state index contributed by atoms with van der Waals surface area (Å²) in [6.45, 7) is 2.21. The number of hydrogen-bond acceptors (Lipinski definition) is 3. The number of nitrogens with two attached hydrogens (primary N) is 1. The molecule has 0 saturated heterocycles. The van der Waals surface area contributed by atoms with Crippen molar-refractivity contribution in [3.63, 3.8) is 0 Å². The summed E-state index contributed by atoms with van der Waals surface area (Å²) in [5.41, 5.74) is 7.98. The SMILES string of the molecule is CCC(CSC)N(C)c1ccc(Br)cc1N. The Balaban J connectivity index is 2.89. The Bertz CT molecular complexity index is 344. The largest absolute Gasteiger partial charge is 0.397 e. The number of nitrogen functional groups attached to an aromatic ring is 1. The molecule has 0 aliphatic heterocycles. The van der Waals surface area contributed by atoms with Gasteiger partial charge in [-0.3, -0.25) is 0 Å². The molecule has 1 atom stereocenters. The fourth-order valence-electron chi connectivity index (χ4n) is 1.74. The first-order chi connectivity index (χ1) is 7.60. The molecule has 1 unspecified atom stereocenters. The Morgan fingerprint density at radius 3 is 2.69 bits per heavy atom. The number of halogens is 1. The molecule has 0 bridgehead atoms. The highest BCUT2D eigenvalue weighted by Crippen LogP contribution is 2.28. The summed E-state index contributed by atoms with van der Waals surface area (Å²) in [7, 11) is 2.12. The predicted octanol–water partition coefficient (Wildman–Crippen LogP) is 3.61. The van der Waals surface area contributed by atoms with Gasteiger partial charge in [-0.05, 0) is 30.9 Å². The molecule has 0 amide bonds. The van der Waals surface area contributed by atoms with E-state index < -0.39 is 0 Å².